The van der Waals surface area contributed by atoms with Gasteiger partial charge in [-0.1, -0.05) is 75.2 Å². The van der Waals surface area contributed by atoms with Gasteiger partial charge in [0.25, 0.3) is 0 Å². The van der Waals surface area contributed by atoms with Crippen LogP contribution in [0.3, 0.4) is 0 Å². The van der Waals surface area contributed by atoms with Gasteiger partial charge in [0.05, 0.1) is 5.75 Å². The average Bonchev–Trinajstić information content (AvgIpc) is 3.11. The van der Waals surface area contributed by atoms with Crippen molar-refractivity contribution in [2.75, 3.05) is 12.3 Å². The number of nitrogens with zero attached hydrogens (tertiary/aromatic N) is 2. The number of thioether (sulfide) groups is 1. The zero-order chi connectivity index (χ0) is 19.2. The maximum absolute atomic E-state index is 12.0. The van der Waals surface area contributed by atoms with Crippen LogP contribution in [0.4, 0.5) is 0 Å². The Labute approximate surface area is 179 Å². The van der Waals surface area contributed by atoms with Crippen molar-refractivity contribution in [2.45, 2.75) is 11.6 Å². The van der Waals surface area contributed by atoms with Gasteiger partial charge in [0.15, 0.2) is 5.82 Å². The molecule has 1 aromatic heterocycles. The van der Waals surface area contributed by atoms with E-state index in [4.69, 9.17) is 23.2 Å². The van der Waals surface area contributed by atoms with E-state index in [0.29, 0.717) is 34.0 Å². The third kappa shape index (κ3) is 5.72. The zero-order valence-electron chi connectivity index (χ0n) is 14.0. The lowest BCUT2D eigenvalue weighted by atomic mass is 10.1. The Morgan fingerprint density at radius 3 is 2.81 bits per heavy atom. The summed E-state index contributed by atoms with van der Waals surface area (Å²) >= 11 is 16.8. The van der Waals surface area contributed by atoms with Crippen molar-refractivity contribution in [3.8, 4) is 11.4 Å². The minimum Gasteiger partial charge on any atom is -0.355 e. The quantitative estimate of drug-likeness (QED) is 0.462. The summed E-state index contributed by atoms with van der Waals surface area (Å²) in [5, 5.41) is 11.6. The first-order chi connectivity index (χ1) is 13.0. The first-order valence-corrected chi connectivity index (χ1v) is 10.6. The van der Waals surface area contributed by atoms with E-state index in [9.17, 15) is 4.79 Å². The Kier molecular flexibility index (Phi) is 7.18. The number of H-pyrrole nitrogens is 1. The molecule has 0 saturated heterocycles. The van der Waals surface area contributed by atoms with Gasteiger partial charge in [-0.2, -0.15) is 0 Å². The van der Waals surface area contributed by atoms with Crippen LogP contribution in [0.5, 0.6) is 0 Å². The van der Waals surface area contributed by atoms with Crippen molar-refractivity contribution in [1.29, 1.82) is 0 Å². The predicted molar refractivity (Wildman–Crippen MR) is 113 cm³/mol. The van der Waals surface area contributed by atoms with Crippen LogP contribution >= 0.6 is 50.9 Å². The van der Waals surface area contributed by atoms with Gasteiger partial charge in [0.1, 0.15) is 0 Å². The molecular weight excluding hydrogens is 471 g/mol. The first kappa shape index (κ1) is 20.2. The number of amides is 1. The van der Waals surface area contributed by atoms with Gasteiger partial charge in [-0.15, -0.1) is 5.10 Å². The Balaban J connectivity index is 1.46. The fraction of sp³-hybridized carbons (Fsp3) is 0.167. The summed E-state index contributed by atoms with van der Waals surface area (Å²) < 4.78 is 0.927. The molecule has 0 aliphatic rings. The number of rotatable bonds is 7. The average molecular weight is 486 g/mol. The summed E-state index contributed by atoms with van der Waals surface area (Å²) in [6, 6.07) is 13.1. The molecule has 0 bridgehead atoms. The van der Waals surface area contributed by atoms with Crippen molar-refractivity contribution in [1.82, 2.24) is 20.5 Å². The lowest BCUT2D eigenvalue weighted by Crippen LogP contribution is -2.27. The van der Waals surface area contributed by atoms with Crippen molar-refractivity contribution in [3.05, 3.63) is 62.5 Å². The molecule has 27 heavy (non-hydrogen) atoms. The van der Waals surface area contributed by atoms with Crippen LogP contribution in [0.1, 0.15) is 5.56 Å². The second kappa shape index (κ2) is 9.59. The molecule has 9 heteroatoms. The van der Waals surface area contributed by atoms with Crippen molar-refractivity contribution >= 4 is 56.8 Å². The molecule has 2 aromatic carbocycles. The largest absolute Gasteiger partial charge is 0.355 e. The van der Waals surface area contributed by atoms with Crippen LogP contribution in [0.15, 0.2) is 52.1 Å². The van der Waals surface area contributed by atoms with E-state index in [1.807, 2.05) is 30.3 Å². The summed E-state index contributed by atoms with van der Waals surface area (Å²) in [7, 11) is 0. The summed E-state index contributed by atoms with van der Waals surface area (Å²) in [5.74, 6) is 0.807. The molecular formula is C18H15BrCl2N4OS. The van der Waals surface area contributed by atoms with Gasteiger partial charge >= 0.3 is 0 Å². The van der Waals surface area contributed by atoms with E-state index < -0.39 is 0 Å². The normalized spacial score (nSPS) is 10.8. The molecule has 3 rings (SSSR count). The van der Waals surface area contributed by atoms with Crippen molar-refractivity contribution < 1.29 is 4.79 Å². The number of hydrogen-bond donors (Lipinski definition) is 2. The highest BCUT2D eigenvalue weighted by Crippen LogP contribution is 2.26. The molecule has 0 saturated carbocycles. The van der Waals surface area contributed by atoms with Gasteiger partial charge in [0.2, 0.25) is 11.1 Å². The topological polar surface area (TPSA) is 70.7 Å². The van der Waals surface area contributed by atoms with E-state index in [0.717, 1.165) is 15.6 Å². The Morgan fingerprint density at radius 1 is 1.22 bits per heavy atom. The fourth-order valence-electron chi connectivity index (χ4n) is 2.33. The molecule has 0 aliphatic heterocycles. The molecule has 1 amide bonds. The first-order valence-electron chi connectivity index (χ1n) is 8.03. The number of carbonyl (C=O) groups is 1. The second-order valence-electron chi connectivity index (χ2n) is 5.57. The van der Waals surface area contributed by atoms with E-state index >= 15 is 0 Å². The molecule has 1 heterocycles. The molecule has 0 aliphatic carbocycles. The lowest BCUT2D eigenvalue weighted by Gasteiger charge is -2.06. The monoisotopic (exact) mass is 484 g/mol. The van der Waals surface area contributed by atoms with Gasteiger partial charge in [-0.05, 0) is 30.2 Å². The zero-order valence-corrected chi connectivity index (χ0v) is 17.9. The Hall–Kier alpha value is -1.54. The number of nitrogens with one attached hydrogen (secondary N) is 2. The molecule has 0 radical (unpaired) electrons. The molecule has 3 aromatic rings. The van der Waals surface area contributed by atoms with Crippen molar-refractivity contribution in [3.63, 3.8) is 0 Å². The highest BCUT2D eigenvalue weighted by Gasteiger charge is 2.11. The minimum absolute atomic E-state index is 0.0858. The number of benzene rings is 2. The van der Waals surface area contributed by atoms with Crippen LogP contribution in [0, 0.1) is 0 Å². The van der Waals surface area contributed by atoms with E-state index in [1.54, 1.807) is 12.1 Å². The maximum Gasteiger partial charge on any atom is 0.230 e. The molecule has 2 N–H and O–H groups in total. The SMILES string of the molecule is O=C(CSc1n[nH]c(-c2ccccc2Br)n1)NCCc1ccc(Cl)cc1Cl. The molecule has 0 atom stereocenters. The minimum atomic E-state index is -0.0858. The Morgan fingerprint density at radius 2 is 2.04 bits per heavy atom. The molecule has 140 valence electrons. The predicted octanol–water partition coefficient (Wildman–Crippen LogP) is 4.99. The summed E-state index contributed by atoms with van der Waals surface area (Å²) in [6.45, 7) is 0.497. The van der Waals surface area contributed by atoms with Crippen molar-refractivity contribution in [2.24, 2.45) is 0 Å². The highest BCUT2D eigenvalue weighted by molar-refractivity contribution is 9.10. The fourth-order valence-corrected chi connectivity index (χ4v) is 3.93. The second-order valence-corrected chi connectivity index (χ2v) is 8.21. The van der Waals surface area contributed by atoms with Gasteiger partial charge in [-0.25, -0.2) is 4.98 Å². The summed E-state index contributed by atoms with van der Waals surface area (Å²) in [5.41, 5.74) is 1.86. The maximum atomic E-state index is 12.0. The van der Waals surface area contributed by atoms with Gasteiger partial charge in [0, 0.05) is 26.6 Å². The smallest absolute Gasteiger partial charge is 0.230 e. The van der Waals surface area contributed by atoms with Gasteiger partial charge < -0.3 is 5.32 Å². The number of aromatic nitrogens is 3. The highest BCUT2D eigenvalue weighted by atomic mass is 79.9. The number of aromatic amines is 1. The van der Waals surface area contributed by atoms with Crippen LogP contribution in [0.2, 0.25) is 10.0 Å². The van der Waals surface area contributed by atoms with Crippen LogP contribution in [-0.2, 0) is 11.2 Å². The number of hydrogen-bond acceptors (Lipinski definition) is 4. The molecule has 0 spiro atoms. The van der Waals surface area contributed by atoms with Crippen LogP contribution < -0.4 is 5.32 Å². The number of carbonyl (C=O) groups excluding carboxylic acids is 1. The van der Waals surface area contributed by atoms with E-state index in [1.165, 1.54) is 11.8 Å². The standard InChI is InChI=1S/C18H15BrCl2N4OS/c19-14-4-2-1-3-13(14)17-23-18(25-24-17)27-10-16(26)22-8-7-11-5-6-12(20)9-15(11)21/h1-6,9H,7-8,10H2,(H,22,26)(H,23,24,25). The lowest BCUT2D eigenvalue weighted by molar-refractivity contribution is -0.118. The number of halogens is 3. The summed E-state index contributed by atoms with van der Waals surface area (Å²) in [4.78, 5) is 16.4. The third-order valence-corrected chi connectivity index (χ3v) is 5.78. The Bertz CT molecular complexity index is 951. The molecule has 5 nitrogen and oxygen atoms in total. The van der Waals surface area contributed by atoms with E-state index in [2.05, 4.69) is 36.4 Å². The van der Waals surface area contributed by atoms with Gasteiger partial charge in [-0.3, -0.25) is 9.89 Å². The summed E-state index contributed by atoms with van der Waals surface area (Å²) in [6.07, 6.45) is 0.638. The molecule has 0 fully saturated rings. The van der Waals surface area contributed by atoms with E-state index in [-0.39, 0.29) is 11.7 Å². The van der Waals surface area contributed by atoms with Crippen LogP contribution in [0.25, 0.3) is 11.4 Å². The molecule has 0 unspecified atom stereocenters. The van der Waals surface area contributed by atoms with Crippen LogP contribution in [-0.4, -0.2) is 33.4 Å². The third-order valence-electron chi connectivity index (χ3n) is 3.66.